The molecule has 0 bridgehead atoms. The highest BCUT2D eigenvalue weighted by Crippen LogP contribution is 2.27. The van der Waals surface area contributed by atoms with Gasteiger partial charge in [0.1, 0.15) is 6.33 Å². The molecule has 0 aliphatic rings. The van der Waals surface area contributed by atoms with Gasteiger partial charge in [-0.05, 0) is 17.8 Å². The number of aromatic carboxylic acids is 1. The number of carbonyl (C=O) groups is 1. The van der Waals surface area contributed by atoms with Crippen LogP contribution in [0.25, 0.3) is 0 Å². The van der Waals surface area contributed by atoms with Gasteiger partial charge >= 0.3 is 5.97 Å². The Bertz CT molecular complexity index is 526. The molecule has 0 saturated heterocycles. The zero-order chi connectivity index (χ0) is 11.5. The maximum absolute atomic E-state index is 11.0. The van der Waals surface area contributed by atoms with E-state index in [1.165, 1.54) is 36.5 Å². The van der Waals surface area contributed by atoms with E-state index in [9.17, 15) is 4.79 Å². The second kappa shape index (κ2) is 4.31. The molecule has 0 fully saturated rings. The van der Waals surface area contributed by atoms with E-state index in [2.05, 4.69) is 15.1 Å². The summed E-state index contributed by atoms with van der Waals surface area (Å²) in [5.41, 5.74) is 0.211. The third kappa shape index (κ3) is 2.03. The Balaban J connectivity index is 2.35. The molecule has 0 unspecified atom stereocenters. The largest absolute Gasteiger partial charge is 0.478 e. The number of aryl methyl sites for hydroxylation is 1. The summed E-state index contributed by atoms with van der Waals surface area (Å²) in [7, 11) is 1.74. The number of carboxylic acids is 1. The normalized spacial score (nSPS) is 10.3. The average molecular weight is 236 g/mol. The Morgan fingerprint density at radius 2 is 2.38 bits per heavy atom. The lowest BCUT2D eigenvalue weighted by Crippen LogP contribution is -2.00. The molecule has 2 aromatic heterocycles. The molecular formula is C9H8N4O2S. The Labute approximate surface area is 95.3 Å². The summed E-state index contributed by atoms with van der Waals surface area (Å²) in [6.45, 7) is 0. The van der Waals surface area contributed by atoms with Gasteiger partial charge in [0.25, 0.3) is 0 Å². The monoisotopic (exact) mass is 236 g/mol. The van der Waals surface area contributed by atoms with Crippen molar-refractivity contribution in [1.29, 1.82) is 0 Å². The fourth-order valence-corrected chi connectivity index (χ4v) is 1.97. The second-order valence-corrected chi connectivity index (χ2v) is 3.95. The molecule has 1 N–H and O–H groups in total. The molecule has 0 amide bonds. The minimum absolute atomic E-state index is 0.211. The van der Waals surface area contributed by atoms with Crippen molar-refractivity contribution in [1.82, 2.24) is 19.7 Å². The number of hydrogen-bond donors (Lipinski definition) is 1. The van der Waals surface area contributed by atoms with Gasteiger partial charge in [-0.1, -0.05) is 0 Å². The van der Waals surface area contributed by atoms with Crippen LogP contribution in [0.5, 0.6) is 0 Å². The van der Waals surface area contributed by atoms with Crippen LogP contribution >= 0.6 is 11.8 Å². The van der Waals surface area contributed by atoms with Gasteiger partial charge in [-0.2, -0.15) is 5.10 Å². The minimum Gasteiger partial charge on any atom is -0.478 e. The van der Waals surface area contributed by atoms with E-state index in [1.807, 2.05) is 0 Å². The molecule has 0 spiro atoms. The summed E-state index contributed by atoms with van der Waals surface area (Å²) in [6.07, 6.45) is 4.37. The average Bonchev–Trinajstić information content (AvgIpc) is 2.65. The van der Waals surface area contributed by atoms with Crippen molar-refractivity contribution in [3.63, 3.8) is 0 Å². The van der Waals surface area contributed by atoms with Gasteiger partial charge in [0.15, 0.2) is 5.16 Å². The molecule has 2 rings (SSSR count). The van der Waals surface area contributed by atoms with Crippen molar-refractivity contribution in [3.05, 3.63) is 30.4 Å². The van der Waals surface area contributed by atoms with E-state index in [4.69, 9.17) is 5.11 Å². The maximum atomic E-state index is 11.0. The van der Waals surface area contributed by atoms with E-state index in [0.29, 0.717) is 10.1 Å². The summed E-state index contributed by atoms with van der Waals surface area (Å²) >= 11 is 1.22. The van der Waals surface area contributed by atoms with Crippen LogP contribution in [-0.4, -0.2) is 30.8 Å². The first-order valence-corrected chi connectivity index (χ1v) is 5.19. The molecule has 0 radical (unpaired) electrons. The van der Waals surface area contributed by atoms with Gasteiger partial charge < -0.3 is 5.11 Å². The van der Waals surface area contributed by atoms with E-state index in [0.717, 1.165) is 0 Å². The predicted octanol–water partition coefficient (Wildman–Crippen LogP) is 1.06. The lowest BCUT2D eigenvalue weighted by molar-refractivity contribution is 0.0693. The molecule has 0 aromatic carbocycles. The highest BCUT2D eigenvalue weighted by molar-refractivity contribution is 7.99. The quantitative estimate of drug-likeness (QED) is 0.858. The first-order chi connectivity index (χ1) is 7.68. The fraction of sp³-hybridized carbons (Fsp3) is 0.111. The van der Waals surface area contributed by atoms with Crippen LogP contribution in [0.3, 0.4) is 0 Å². The summed E-state index contributed by atoms with van der Waals surface area (Å²) < 4.78 is 1.57. The number of nitrogens with zero attached hydrogens (tertiary/aromatic N) is 4. The minimum atomic E-state index is -0.980. The Morgan fingerprint density at radius 3 is 3.00 bits per heavy atom. The highest BCUT2D eigenvalue weighted by atomic mass is 32.2. The first-order valence-electron chi connectivity index (χ1n) is 4.37. The Morgan fingerprint density at radius 1 is 1.56 bits per heavy atom. The SMILES string of the molecule is Cn1ncnc1Sc1cnccc1C(=O)O. The molecule has 0 atom stereocenters. The first kappa shape index (κ1) is 10.6. The second-order valence-electron chi connectivity index (χ2n) is 2.95. The van der Waals surface area contributed by atoms with Crippen LogP contribution in [0, 0.1) is 0 Å². The van der Waals surface area contributed by atoms with Crippen LogP contribution in [0.2, 0.25) is 0 Å². The van der Waals surface area contributed by atoms with Gasteiger partial charge in [-0.3, -0.25) is 4.98 Å². The lowest BCUT2D eigenvalue weighted by Gasteiger charge is -2.03. The third-order valence-corrected chi connectivity index (χ3v) is 2.98. The molecule has 6 nitrogen and oxygen atoms in total. The number of carboxylic acid groups (broad SMARTS) is 1. The molecule has 7 heteroatoms. The Kier molecular flexibility index (Phi) is 2.86. The van der Waals surface area contributed by atoms with E-state index in [1.54, 1.807) is 11.7 Å². The zero-order valence-corrected chi connectivity index (χ0v) is 9.18. The van der Waals surface area contributed by atoms with Gasteiger partial charge in [0.2, 0.25) is 0 Å². The topological polar surface area (TPSA) is 80.9 Å². The van der Waals surface area contributed by atoms with Crippen LogP contribution < -0.4 is 0 Å². The van der Waals surface area contributed by atoms with E-state index >= 15 is 0 Å². The predicted molar refractivity (Wildman–Crippen MR) is 56.3 cm³/mol. The van der Waals surface area contributed by atoms with E-state index < -0.39 is 5.97 Å². The fourth-order valence-electron chi connectivity index (χ4n) is 1.11. The molecule has 2 aromatic rings. The van der Waals surface area contributed by atoms with Crippen molar-refractivity contribution in [3.8, 4) is 0 Å². The molecule has 0 saturated carbocycles. The smallest absolute Gasteiger partial charge is 0.336 e. The van der Waals surface area contributed by atoms with Crippen molar-refractivity contribution in [2.24, 2.45) is 7.05 Å². The van der Waals surface area contributed by atoms with Gasteiger partial charge in [-0.25, -0.2) is 14.5 Å². The summed E-state index contributed by atoms with van der Waals surface area (Å²) in [5.74, 6) is -0.980. The third-order valence-electron chi connectivity index (χ3n) is 1.89. The van der Waals surface area contributed by atoms with Crippen molar-refractivity contribution in [2.75, 3.05) is 0 Å². The van der Waals surface area contributed by atoms with Crippen LogP contribution in [0.15, 0.2) is 34.8 Å². The Hall–Kier alpha value is -1.89. The molecular weight excluding hydrogens is 228 g/mol. The lowest BCUT2D eigenvalue weighted by atomic mass is 10.3. The van der Waals surface area contributed by atoms with Crippen LogP contribution in [-0.2, 0) is 7.05 Å². The van der Waals surface area contributed by atoms with Gasteiger partial charge in [0, 0.05) is 24.3 Å². The standard InChI is InChI=1S/C9H8N4O2S/c1-13-9(11-5-12-13)16-7-4-10-3-2-6(7)8(14)15/h2-5H,1H3,(H,14,15). The molecule has 0 aliphatic heterocycles. The molecule has 16 heavy (non-hydrogen) atoms. The van der Waals surface area contributed by atoms with Gasteiger partial charge in [0.05, 0.1) is 5.56 Å². The number of pyridine rings is 1. The summed E-state index contributed by atoms with van der Waals surface area (Å²) in [5, 5.41) is 13.5. The van der Waals surface area contributed by atoms with Crippen LogP contribution in [0.4, 0.5) is 0 Å². The maximum Gasteiger partial charge on any atom is 0.336 e. The number of hydrogen-bond acceptors (Lipinski definition) is 5. The van der Waals surface area contributed by atoms with Crippen molar-refractivity contribution >= 4 is 17.7 Å². The molecule has 2 heterocycles. The number of rotatable bonds is 3. The highest BCUT2D eigenvalue weighted by Gasteiger charge is 2.12. The number of aromatic nitrogens is 4. The van der Waals surface area contributed by atoms with Crippen molar-refractivity contribution in [2.45, 2.75) is 10.1 Å². The van der Waals surface area contributed by atoms with Gasteiger partial charge in [-0.15, -0.1) is 0 Å². The molecule has 0 aliphatic carbocycles. The molecule has 82 valence electrons. The van der Waals surface area contributed by atoms with Crippen LogP contribution in [0.1, 0.15) is 10.4 Å². The summed E-state index contributed by atoms with van der Waals surface area (Å²) in [6, 6.07) is 1.46. The van der Waals surface area contributed by atoms with E-state index in [-0.39, 0.29) is 5.56 Å². The van der Waals surface area contributed by atoms with Crippen molar-refractivity contribution < 1.29 is 9.90 Å². The zero-order valence-electron chi connectivity index (χ0n) is 8.36. The summed E-state index contributed by atoms with van der Waals surface area (Å²) in [4.78, 5) is 19.4.